The lowest BCUT2D eigenvalue weighted by Gasteiger charge is -2.11. The van der Waals surface area contributed by atoms with E-state index in [1.54, 1.807) is 7.11 Å². The lowest BCUT2D eigenvalue weighted by Crippen LogP contribution is -2.37. The van der Waals surface area contributed by atoms with Crippen LogP contribution in [0.15, 0.2) is 24.3 Å². The van der Waals surface area contributed by atoms with Gasteiger partial charge in [0, 0.05) is 16.6 Å². The number of amides is 2. The molecule has 0 atom stereocenters. The van der Waals surface area contributed by atoms with E-state index in [1.165, 1.54) is 4.90 Å². The van der Waals surface area contributed by atoms with Crippen molar-refractivity contribution in [2.75, 3.05) is 26.8 Å². The molecule has 1 aromatic carbocycles. The Morgan fingerprint density at radius 3 is 3.05 bits per heavy atom. The molecule has 0 aliphatic carbocycles. The molecule has 0 radical (unpaired) electrons. The molecule has 0 spiro atoms. The van der Waals surface area contributed by atoms with Gasteiger partial charge in [-0.15, -0.1) is 0 Å². The molecule has 7 nitrogen and oxygen atoms in total. The standard InChI is InChI=1S/C15H17N3O4/c1-21-12-2-3-13-10(7-12)6-11(17-13)8-16-14(19)9-18-4-5-22-15(18)20/h2-3,6-7,17H,4-5,8-9H2,1H3,(H,16,19). The van der Waals surface area contributed by atoms with Gasteiger partial charge in [-0.2, -0.15) is 0 Å². The minimum absolute atomic E-state index is 0.0207. The number of cyclic esters (lactones) is 1. The number of ether oxygens (including phenoxy) is 2. The van der Waals surface area contributed by atoms with E-state index in [0.29, 0.717) is 19.7 Å². The zero-order chi connectivity index (χ0) is 15.5. The summed E-state index contributed by atoms with van der Waals surface area (Å²) < 4.78 is 9.96. The average molecular weight is 303 g/mol. The largest absolute Gasteiger partial charge is 0.497 e. The van der Waals surface area contributed by atoms with E-state index in [1.807, 2.05) is 24.3 Å². The molecule has 1 aliphatic heterocycles. The lowest BCUT2D eigenvalue weighted by atomic mass is 10.2. The Kier molecular flexibility index (Phi) is 3.86. The first-order chi connectivity index (χ1) is 10.7. The number of carbonyl (C=O) groups is 2. The van der Waals surface area contributed by atoms with Gasteiger partial charge < -0.3 is 19.8 Å². The van der Waals surface area contributed by atoms with Crippen LogP contribution in [0, 0.1) is 0 Å². The highest BCUT2D eigenvalue weighted by Crippen LogP contribution is 2.21. The van der Waals surface area contributed by atoms with Crippen molar-refractivity contribution in [1.82, 2.24) is 15.2 Å². The van der Waals surface area contributed by atoms with Gasteiger partial charge in [-0.3, -0.25) is 9.69 Å². The van der Waals surface area contributed by atoms with E-state index >= 15 is 0 Å². The van der Waals surface area contributed by atoms with Crippen molar-refractivity contribution in [3.05, 3.63) is 30.0 Å². The second-order valence-corrected chi connectivity index (χ2v) is 5.06. The highest BCUT2D eigenvalue weighted by atomic mass is 16.6. The predicted molar refractivity (Wildman–Crippen MR) is 79.6 cm³/mol. The Morgan fingerprint density at radius 1 is 1.45 bits per heavy atom. The first-order valence-corrected chi connectivity index (χ1v) is 7.00. The maximum absolute atomic E-state index is 11.8. The minimum atomic E-state index is -0.437. The number of fused-ring (bicyclic) bond motifs is 1. The fourth-order valence-electron chi connectivity index (χ4n) is 2.39. The summed E-state index contributed by atoms with van der Waals surface area (Å²) in [7, 11) is 1.62. The Labute approximate surface area is 127 Å². The fraction of sp³-hybridized carbons (Fsp3) is 0.333. The Bertz CT molecular complexity index is 710. The first-order valence-electron chi connectivity index (χ1n) is 7.00. The highest BCUT2D eigenvalue weighted by molar-refractivity contribution is 5.84. The molecule has 1 aromatic heterocycles. The van der Waals surface area contributed by atoms with Crippen LogP contribution in [0.5, 0.6) is 5.75 Å². The molecule has 2 aromatic rings. The Balaban J connectivity index is 1.59. The number of aromatic nitrogens is 1. The summed E-state index contributed by atoms with van der Waals surface area (Å²) in [4.78, 5) is 27.7. The number of carbonyl (C=O) groups excluding carboxylic acids is 2. The summed E-state index contributed by atoms with van der Waals surface area (Å²) in [6.07, 6.45) is -0.437. The van der Waals surface area contributed by atoms with Crippen molar-refractivity contribution in [2.45, 2.75) is 6.54 Å². The van der Waals surface area contributed by atoms with E-state index in [2.05, 4.69) is 10.3 Å². The molecular weight excluding hydrogens is 286 g/mol. The van der Waals surface area contributed by atoms with Crippen LogP contribution < -0.4 is 10.1 Å². The van der Waals surface area contributed by atoms with Gasteiger partial charge in [0.2, 0.25) is 5.91 Å². The van der Waals surface area contributed by atoms with Gasteiger partial charge in [0.15, 0.2) is 0 Å². The van der Waals surface area contributed by atoms with Crippen LogP contribution >= 0.6 is 0 Å². The molecule has 2 heterocycles. The number of methoxy groups -OCH3 is 1. The maximum Gasteiger partial charge on any atom is 0.410 e. The molecule has 3 rings (SSSR count). The third-order valence-corrected chi connectivity index (χ3v) is 3.54. The molecule has 0 bridgehead atoms. The predicted octanol–water partition coefficient (Wildman–Crippen LogP) is 1.24. The SMILES string of the molecule is COc1ccc2[nH]c(CNC(=O)CN3CCOC3=O)cc2c1. The topological polar surface area (TPSA) is 83.7 Å². The van der Waals surface area contributed by atoms with Crippen molar-refractivity contribution in [3.8, 4) is 5.75 Å². The molecule has 2 amide bonds. The second kappa shape index (κ2) is 5.97. The number of nitrogens with one attached hydrogen (secondary N) is 2. The fourth-order valence-corrected chi connectivity index (χ4v) is 2.39. The van der Waals surface area contributed by atoms with Crippen LogP contribution in [0.2, 0.25) is 0 Å². The van der Waals surface area contributed by atoms with E-state index in [4.69, 9.17) is 9.47 Å². The van der Waals surface area contributed by atoms with Crippen LogP contribution in [-0.2, 0) is 16.1 Å². The van der Waals surface area contributed by atoms with Gasteiger partial charge in [-0.1, -0.05) is 0 Å². The zero-order valence-corrected chi connectivity index (χ0v) is 12.2. The molecular formula is C15H17N3O4. The highest BCUT2D eigenvalue weighted by Gasteiger charge is 2.23. The molecule has 22 heavy (non-hydrogen) atoms. The number of hydrogen-bond donors (Lipinski definition) is 2. The first kappa shape index (κ1) is 14.2. The van der Waals surface area contributed by atoms with E-state index in [-0.39, 0.29) is 12.5 Å². The normalized spacial score (nSPS) is 14.2. The van der Waals surface area contributed by atoms with E-state index in [0.717, 1.165) is 22.3 Å². The molecule has 7 heteroatoms. The van der Waals surface area contributed by atoms with Gasteiger partial charge >= 0.3 is 6.09 Å². The molecule has 1 saturated heterocycles. The summed E-state index contributed by atoms with van der Waals surface area (Å²) in [6.45, 7) is 1.19. The van der Waals surface area contributed by atoms with Crippen molar-refractivity contribution in [3.63, 3.8) is 0 Å². The summed E-state index contributed by atoms with van der Waals surface area (Å²) in [5.41, 5.74) is 1.87. The zero-order valence-electron chi connectivity index (χ0n) is 12.2. The van der Waals surface area contributed by atoms with Crippen LogP contribution in [0.4, 0.5) is 4.79 Å². The summed E-state index contributed by atoms with van der Waals surface area (Å²) in [5, 5.41) is 3.81. The van der Waals surface area contributed by atoms with E-state index in [9.17, 15) is 9.59 Å². The number of rotatable bonds is 5. The van der Waals surface area contributed by atoms with Crippen molar-refractivity contribution >= 4 is 22.9 Å². The Hall–Kier alpha value is -2.70. The summed E-state index contributed by atoms with van der Waals surface area (Å²) >= 11 is 0. The monoisotopic (exact) mass is 303 g/mol. The van der Waals surface area contributed by atoms with Gasteiger partial charge in [-0.05, 0) is 24.3 Å². The third-order valence-electron chi connectivity index (χ3n) is 3.54. The van der Waals surface area contributed by atoms with Crippen LogP contribution in [0.25, 0.3) is 10.9 Å². The van der Waals surface area contributed by atoms with Crippen LogP contribution in [-0.4, -0.2) is 48.7 Å². The molecule has 116 valence electrons. The lowest BCUT2D eigenvalue weighted by molar-refractivity contribution is -0.121. The minimum Gasteiger partial charge on any atom is -0.497 e. The van der Waals surface area contributed by atoms with Crippen molar-refractivity contribution in [2.24, 2.45) is 0 Å². The molecule has 1 fully saturated rings. The smallest absolute Gasteiger partial charge is 0.410 e. The van der Waals surface area contributed by atoms with E-state index < -0.39 is 6.09 Å². The average Bonchev–Trinajstić information content (AvgIpc) is 3.10. The van der Waals surface area contributed by atoms with Crippen molar-refractivity contribution in [1.29, 1.82) is 0 Å². The number of aromatic amines is 1. The molecule has 0 saturated carbocycles. The third kappa shape index (κ3) is 2.98. The quantitative estimate of drug-likeness (QED) is 0.870. The Morgan fingerprint density at radius 2 is 2.32 bits per heavy atom. The number of hydrogen-bond acceptors (Lipinski definition) is 4. The van der Waals surface area contributed by atoms with Gasteiger partial charge in [0.05, 0.1) is 20.2 Å². The molecule has 2 N–H and O–H groups in total. The maximum atomic E-state index is 11.8. The molecule has 0 unspecified atom stereocenters. The number of nitrogens with zero attached hydrogens (tertiary/aromatic N) is 1. The van der Waals surface area contributed by atoms with Gasteiger partial charge in [0.1, 0.15) is 18.9 Å². The molecule has 1 aliphatic rings. The number of H-pyrrole nitrogens is 1. The summed E-state index contributed by atoms with van der Waals surface area (Å²) in [5.74, 6) is 0.574. The van der Waals surface area contributed by atoms with Crippen LogP contribution in [0.3, 0.4) is 0 Å². The van der Waals surface area contributed by atoms with Crippen LogP contribution in [0.1, 0.15) is 5.69 Å². The van der Waals surface area contributed by atoms with Crippen molar-refractivity contribution < 1.29 is 19.1 Å². The van der Waals surface area contributed by atoms with Gasteiger partial charge in [0.25, 0.3) is 0 Å². The summed E-state index contributed by atoms with van der Waals surface area (Å²) in [6, 6.07) is 7.69. The number of benzene rings is 1. The second-order valence-electron chi connectivity index (χ2n) is 5.06. The van der Waals surface area contributed by atoms with Gasteiger partial charge in [-0.25, -0.2) is 4.79 Å².